The summed E-state index contributed by atoms with van der Waals surface area (Å²) >= 11 is 0. The molecule has 1 fully saturated rings. The first kappa shape index (κ1) is 13.8. The Morgan fingerprint density at radius 3 is 2.84 bits per heavy atom. The Morgan fingerprint density at radius 2 is 2.21 bits per heavy atom. The van der Waals surface area contributed by atoms with Gasteiger partial charge in [-0.05, 0) is 31.4 Å². The number of aromatic nitrogens is 1. The van der Waals surface area contributed by atoms with E-state index in [4.69, 9.17) is 4.74 Å². The lowest BCUT2D eigenvalue weighted by molar-refractivity contribution is 0.0696. The van der Waals surface area contributed by atoms with Crippen molar-refractivity contribution in [3.05, 3.63) is 23.9 Å². The Morgan fingerprint density at radius 1 is 1.42 bits per heavy atom. The fourth-order valence-corrected chi connectivity index (χ4v) is 2.00. The van der Waals surface area contributed by atoms with Gasteiger partial charge >= 0.3 is 0 Å². The highest BCUT2D eigenvalue weighted by molar-refractivity contribution is 5.94. The van der Waals surface area contributed by atoms with Crippen LogP contribution < -0.4 is 10.6 Å². The molecule has 0 bridgehead atoms. The number of carbonyl (C=O) groups is 1. The SMILES string of the molecule is CCCNc1ccc(C(=O)NC2CCOCC2)cn1. The summed E-state index contributed by atoms with van der Waals surface area (Å²) in [4.78, 5) is 16.3. The third kappa shape index (κ3) is 4.21. The molecule has 5 nitrogen and oxygen atoms in total. The van der Waals surface area contributed by atoms with Crippen LogP contribution in [0.1, 0.15) is 36.5 Å². The summed E-state index contributed by atoms with van der Waals surface area (Å²) in [5, 5.41) is 6.20. The first-order valence-electron chi connectivity index (χ1n) is 6.88. The van der Waals surface area contributed by atoms with Crippen molar-refractivity contribution in [2.45, 2.75) is 32.2 Å². The highest BCUT2D eigenvalue weighted by atomic mass is 16.5. The molecule has 0 spiro atoms. The maximum absolute atomic E-state index is 12.0. The van der Waals surface area contributed by atoms with Gasteiger partial charge in [-0.1, -0.05) is 6.92 Å². The van der Waals surface area contributed by atoms with Crippen LogP contribution in [0.5, 0.6) is 0 Å². The number of pyridine rings is 1. The lowest BCUT2D eigenvalue weighted by Gasteiger charge is -2.23. The Balaban J connectivity index is 1.87. The van der Waals surface area contributed by atoms with Crippen LogP contribution in [0.4, 0.5) is 5.82 Å². The predicted molar refractivity (Wildman–Crippen MR) is 74.3 cm³/mol. The fraction of sp³-hybridized carbons (Fsp3) is 0.571. The third-order valence-electron chi connectivity index (χ3n) is 3.14. The zero-order chi connectivity index (χ0) is 13.5. The van der Waals surface area contributed by atoms with Gasteiger partial charge in [0, 0.05) is 32.0 Å². The number of amides is 1. The molecule has 2 heterocycles. The maximum atomic E-state index is 12.0. The minimum atomic E-state index is -0.0542. The summed E-state index contributed by atoms with van der Waals surface area (Å²) in [6.45, 7) is 4.44. The monoisotopic (exact) mass is 263 g/mol. The smallest absolute Gasteiger partial charge is 0.253 e. The molecule has 0 radical (unpaired) electrons. The second-order valence-electron chi connectivity index (χ2n) is 4.72. The van der Waals surface area contributed by atoms with E-state index in [-0.39, 0.29) is 11.9 Å². The molecular weight excluding hydrogens is 242 g/mol. The van der Waals surface area contributed by atoms with E-state index in [1.165, 1.54) is 0 Å². The molecule has 19 heavy (non-hydrogen) atoms. The van der Waals surface area contributed by atoms with E-state index in [9.17, 15) is 4.79 Å². The number of rotatable bonds is 5. The number of carbonyl (C=O) groups excluding carboxylic acids is 1. The van der Waals surface area contributed by atoms with Crippen molar-refractivity contribution in [1.29, 1.82) is 0 Å². The molecule has 1 saturated heterocycles. The van der Waals surface area contributed by atoms with Gasteiger partial charge < -0.3 is 15.4 Å². The molecule has 5 heteroatoms. The number of nitrogens with one attached hydrogen (secondary N) is 2. The van der Waals surface area contributed by atoms with E-state index in [0.29, 0.717) is 5.56 Å². The van der Waals surface area contributed by atoms with Crippen molar-refractivity contribution >= 4 is 11.7 Å². The van der Waals surface area contributed by atoms with E-state index in [2.05, 4.69) is 22.5 Å². The highest BCUT2D eigenvalue weighted by Gasteiger charge is 2.17. The molecule has 1 aliphatic rings. The van der Waals surface area contributed by atoms with Gasteiger partial charge in [-0.2, -0.15) is 0 Å². The maximum Gasteiger partial charge on any atom is 0.253 e. The predicted octanol–water partition coefficient (Wildman–Crippen LogP) is 1.81. The standard InChI is InChI=1S/C14H21N3O2/c1-2-7-15-13-4-3-11(10-16-13)14(18)17-12-5-8-19-9-6-12/h3-4,10,12H,2,5-9H2,1H3,(H,15,16)(H,17,18). The van der Waals surface area contributed by atoms with Crippen LogP contribution in [0.3, 0.4) is 0 Å². The summed E-state index contributed by atoms with van der Waals surface area (Å²) in [6.07, 6.45) is 4.44. The summed E-state index contributed by atoms with van der Waals surface area (Å²) in [5.74, 6) is 0.755. The van der Waals surface area contributed by atoms with Gasteiger partial charge in [-0.3, -0.25) is 4.79 Å². The summed E-state index contributed by atoms with van der Waals surface area (Å²) in [7, 11) is 0. The lowest BCUT2D eigenvalue weighted by atomic mass is 10.1. The molecular formula is C14H21N3O2. The van der Waals surface area contributed by atoms with Crippen LogP contribution in [0.2, 0.25) is 0 Å². The van der Waals surface area contributed by atoms with Gasteiger partial charge in [-0.25, -0.2) is 4.98 Å². The van der Waals surface area contributed by atoms with Gasteiger partial charge in [0.25, 0.3) is 5.91 Å². The molecule has 0 unspecified atom stereocenters. The number of anilines is 1. The van der Waals surface area contributed by atoms with E-state index < -0.39 is 0 Å². The van der Waals surface area contributed by atoms with Gasteiger partial charge in [-0.15, -0.1) is 0 Å². The number of hydrogen-bond acceptors (Lipinski definition) is 4. The summed E-state index contributed by atoms with van der Waals surface area (Å²) in [5.41, 5.74) is 0.605. The van der Waals surface area contributed by atoms with E-state index in [0.717, 1.165) is 44.8 Å². The van der Waals surface area contributed by atoms with Crippen LogP contribution >= 0.6 is 0 Å². The Hall–Kier alpha value is -1.62. The van der Waals surface area contributed by atoms with Crippen LogP contribution in [0.25, 0.3) is 0 Å². The van der Waals surface area contributed by atoms with Crippen molar-refractivity contribution < 1.29 is 9.53 Å². The van der Waals surface area contributed by atoms with Crippen molar-refractivity contribution in [2.75, 3.05) is 25.1 Å². The fourth-order valence-electron chi connectivity index (χ4n) is 2.00. The zero-order valence-electron chi connectivity index (χ0n) is 11.3. The highest BCUT2D eigenvalue weighted by Crippen LogP contribution is 2.09. The molecule has 2 rings (SSSR count). The Kier molecular flexibility index (Phi) is 5.15. The van der Waals surface area contributed by atoms with Gasteiger partial charge in [0.05, 0.1) is 5.56 Å². The van der Waals surface area contributed by atoms with Gasteiger partial charge in [0.2, 0.25) is 0 Å². The Bertz CT molecular complexity index is 400. The molecule has 104 valence electrons. The first-order chi connectivity index (χ1) is 9.29. The van der Waals surface area contributed by atoms with E-state index >= 15 is 0 Å². The average Bonchev–Trinajstić information content (AvgIpc) is 2.46. The molecule has 1 aliphatic heterocycles. The van der Waals surface area contributed by atoms with E-state index in [1.54, 1.807) is 12.3 Å². The molecule has 1 amide bonds. The summed E-state index contributed by atoms with van der Waals surface area (Å²) < 4.78 is 5.27. The average molecular weight is 263 g/mol. The zero-order valence-corrected chi connectivity index (χ0v) is 11.3. The summed E-state index contributed by atoms with van der Waals surface area (Å²) in [6, 6.07) is 3.87. The Labute approximate surface area is 113 Å². The van der Waals surface area contributed by atoms with Crippen molar-refractivity contribution in [3.8, 4) is 0 Å². The minimum absolute atomic E-state index is 0.0542. The van der Waals surface area contributed by atoms with Gasteiger partial charge in [0.1, 0.15) is 5.82 Å². The minimum Gasteiger partial charge on any atom is -0.381 e. The third-order valence-corrected chi connectivity index (χ3v) is 3.14. The van der Waals surface area contributed by atoms with Gasteiger partial charge in [0.15, 0.2) is 0 Å². The molecule has 2 N–H and O–H groups in total. The van der Waals surface area contributed by atoms with Crippen LogP contribution in [-0.2, 0) is 4.74 Å². The first-order valence-corrected chi connectivity index (χ1v) is 6.88. The van der Waals surface area contributed by atoms with Crippen molar-refractivity contribution in [1.82, 2.24) is 10.3 Å². The normalized spacial score (nSPS) is 16.1. The quantitative estimate of drug-likeness (QED) is 0.850. The van der Waals surface area contributed by atoms with Crippen molar-refractivity contribution in [3.63, 3.8) is 0 Å². The molecule has 1 aromatic rings. The van der Waals surface area contributed by atoms with Crippen LogP contribution in [-0.4, -0.2) is 36.7 Å². The topological polar surface area (TPSA) is 63.2 Å². The lowest BCUT2D eigenvalue weighted by Crippen LogP contribution is -2.38. The molecule has 0 aromatic carbocycles. The second kappa shape index (κ2) is 7.09. The molecule has 0 atom stereocenters. The molecule has 1 aromatic heterocycles. The molecule has 0 saturated carbocycles. The van der Waals surface area contributed by atoms with Crippen LogP contribution in [0, 0.1) is 0 Å². The number of nitrogens with zero attached hydrogens (tertiary/aromatic N) is 1. The van der Waals surface area contributed by atoms with Crippen molar-refractivity contribution in [2.24, 2.45) is 0 Å². The number of ether oxygens (including phenoxy) is 1. The van der Waals surface area contributed by atoms with E-state index in [1.807, 2.05) is 6.07 Å². The molecule has 0 aliphatic carbocycles. The van der Waals surface area contributed by atoms with Crippen LogP contribution in [0.15, 0.2) is 18.3 Å². The number of hydrogen-bond donors (Lipinski definition) is 2. The second-order valence-corrected chi connectivity index (χ2v) is 4.72. The largest absolute Gasteiger partial charge is 0.381 e.